The number of halogens is 2. The third-order valence-corrected chi connectivity index (χ3v) is 6.24. The van der Waals surface area contributed by atoms with E-state index in [2.05, 4.69) is 15.3 Å². The van der Waals surface area contributed by atoms with Crippen molar-refractivity contribution in [2.24, 2.45) is 0 Å². The highest BCUT2D eigenvalue weighted by Crippen LogP contribution is 2.36. The van der Waals surface area contributed by atoms with Gasteiger partial charge >= 0.3 is 5.97 Å². The number of alkyl halides is 1. The summed E-state index contributed by atoms with van der Waals surface area (Å²) in [6.07, 6.45) is 1.41. The number of rotatable bonds is 10. The van der Waals surface area contributed by atoms with Gasteiger partial charge in [-0.15, -0.1) is 11.3 Å². The minimum atomic E-state index is -1.05. The van der Waals surface area contributed by atoms with E-state index in [1.54, 1.807) is 37.3 Å². The molecule has 0 unspecified atom stereocenters. The number of para-hydroxylation sites is 1. The average molecular weight is 491 g/mol. The molecular formula is C22H20ClFN4O4S. The molecule has 3 heterocycles. The number of hydrogen-bond acceptors (Lipinski definition) is 7. The zero-order valence-corrected chi connectivity index (χ0v) is 19.1. The van der Waals surface area contributed by atoms with E-state index in [4.69, 9.17) is 21.1 Å². The van der Waals surface area contributed by atoms with E-state index in [1.807, 2.05) is 10.6 Å². The van der Waals surface area contributed by atoms with Crippen LogP contribution in [0.4, 0.5) is 10.2 Å². The third-order valence-electron chi connectivity index (χ3n) is 4.80. The lowest BCUT2D eigenvalue weighted by atomic mass is 10.2. The molecule has 0 fully saturated rings. The van der Waals surface area contributed by atoms with Gasteiger partial charge in [-0.05, 0) is 19.1 Å². The van der Waals surface area contributed by atoms with Crippen LogP contribution in [0, 0.1) is 0 Å². The van der Waals surface area contributed by atoms with Crippen LogP contribution < -0.4 is 14.8 Å². The molecule has 33 heavy (non-hydrogen) atoms. The summed E-state index contributed by atoms with van der Waals surface area (Å²) in [6.45, 7) is 2.18. The summed E-state index contributed by atoms with van der Waals surface area (Å²) in [5.74, 6) is 0.256. The predicted octanol–water partition coefficient (Wildman–Crippen LogP) is 5.33. The van der Waals surface area contributed by atoms with Crippen molar-refractivity contribution >= 4 is 45.6 Å². The summed E-state index contributed by atoms with van der Waals surface area (Å²) in [5.41, 5.74) is 1.29. The first kappa shape index (κ1) is 22.8. The Kier molecular flexibility index (Phi) is 6.95. The molecule has 2 N–H and O–H groups in total. The molecule has 11 heteroatoms. The molecule has 0 saturated carbocycles. The molecule has 0 saturated heterocycles. The van der Waals surface area contributed by atoms with Crippen LogP contribution in [0.15, 0.2) is 42.7 Å². The molecule has 0 radical (unpaired) electrons. The fourth-order valence-corrected chi connectivity index (χ4v) is 4.64. The number of nitrogens with zero attached hydrogens (tertiary/aromatic N) is 3. The smallest absolute Gasteiger partial charge is 0.349 e. The second-order valence-corrected chi connectivity index (χ2v) is 8.26. The molecule has 4 aromatic rings. The molecule has 1 aromatic carbocycles. The number of hydrogen-bond donors (Lipinski definition) is 2. The summed E-state index contributed by atoms with van der Waals surface area (Å²) < 4.78 is 25.2. The number of ether oxygens (including phenoxy) is 2. The maximum Gasteiger partial charge on any atom is 0.349 e. The van der Waals surface area contributed by atoms with Gasteiger partial charge in [-0.25, -0.2) is 19.2 Å². The lowest BCUT2D eigenvalue weighted by Gasteiger charge is -2.12. The summed E-state index contributed by atoms with van der Waals surface area (Å²) in [4.78, 5) is 20.8. The van der Waals surface area contributed by atoms with Crippen molar-refractivity contribution in [2.75, 3.05) is 25.3 Å². The lowest BCUT2D eigenvalue weighted by molar-refractivity contribution is 0.0698. The monoisotopic (exact) mass is 490 g/mol. The first-order chi connectivity index (χ1) is 16.0. The zero-order valence-electron chi connectivity index (χ0n) is 17.5. The number of benzene rings is 1. The van der Waals surface area contributed by atoms with E-state index >= 15 is 0 Å². The van der Waals surface area contributed by atoms with Crippen LogP contribution in [-0.4, -0.2) is 45.6 Å². The van der Waals surface area contributed by atoms with Gasteiger partial charge in [0.15, 0.2) is 4.88 Å². The van der Waals surface area contributed by atoms with Gasteiger partial charge in [0.25, 0.3) is 0 Å². The van der Waals surface area contributed by atoms with E-state index < -0.39 is 12.8 Å². The topological polar surface area (TPSA) is 98.5 Å². The first-order valence-corrected chi connectivity index (χ1v) is 11.2. The van der Waals surface area contributed by atoms with Gasteiger partial charge in [-0.2, -0.15) is 0 Å². The van der Waals surface area contributed by atoms with Crippen molar-refractivity contribution in [1.29, 1.82) is 0 Å². The van der Waals surface area contributed by atoms with Gasteiger partial charge in [0, 0.05) is 30.6 Å². The lowest BCUT2D eigenvalue weighted by Crippen LogP contribution is -2.12. The molecule has 4 rings (SSSR count). The second kappa shape index (κ2) is 10.1. The molecule has 172 valence electrons. The Hall–Kier alpha value is -3.37. The van der Waals surface area contributed by atoms with Crippen molar-refractivity contribution in [2.45, 2.75) is 13.5 Å². The molecule has 0 bridgehead atoms. The Morgan fingerprint density at radius 3 is 2.85 bits per heavy atom. The average Bonchev–Trinajstić information content (AvgIpc) is 3.36. The fourth-order valence-electron chi connectivity index (χ4n) is 3.45. The Morgan fingerprint density at radius 1 is 1.24 bits per heavy atom. The number of fused-ring (bicyclic) bond motifs is 1. The Balaban J connectivity index is 1.51. The normalized spacial score (nSPS) is 11.0. The maximum atomic E-state index is 12.8. The third kappa shape index (κ3) is 4.86. The van der Waals surface area contributed by atoms with Crippen molar-refractivity contribution in [1.82, 2.24) is 14.5 Å². The number of nitrogens with one attached hydrogen (secondary N) is 1. The number of carboxylic acid groups (broad SMARTS) is 1. The Bertz CT molecular complexity index is 1290. The highest BCUT2D eigenvalue weighted by atomic mass is 35.5. The van der Waals surface area contributed by atoms with E-state index in [9.17, 15) is 14.3 Å². The Morgan fingerprint density at radius 2 is 2.09 bits per heavy atom. The minimum Gasteiger partial charge on any atom is -0.492 e. The minimum absolute atomic E-state index is 0.125. The molecule has 0 aliphatic rings. The molecule has 0 atom stereocenters. The number of anilines is 1. The van der Waals surface area contributed by atoms with Gasteiger partial charge < -0.3 is 24.5 Å². The highest BCUT2D eigenvalue weighted by Gasteiger charge is 2.18. The number of carbonyl (C=O) groups is 1. The van der Waals surface area contributed by atoms with E-state index in [0.717, 1.165) is 16.7 Å². The number of aromatic nitrogens is 3. The van der Waals surface area contributed by atoms with Crippen LogP contribution in [0.25, 0.3) is 21.5 Å². The highest BCUT2D eigenvalue weighted by molar-refractivity contribution is 7.17. The Labute approximate surface area is 197 Å². The van der Waals surface area contributed by atoms with Crippen molar-refractivity contribution in [3.8, 4) is 22.1 Å². The maximum absolute atomic E-state index is 12.8. The largest absolute Gasteiger partial charge is 0.492 e. The van der Waals surface area contributed by atoms with Gasteiger partial charge in [-0.1, -0.05) is 23.7 Å². The van der Waals surface area contributed by atoms with Crippen LogP contribution in [0.3, 0.4) is 0 Å². The standard InChI is InChI=1S/C22H20ClFN4O4S/c1-2-31-16-10-17(33-21(16)22(29)30)14-9-19(27-12-26-14)25-6-7-28-18(23)8-13-4-3-5-15(20(13)28)32-11-24/h3-5,8-10,12H,2,6-7,11H2,1H3,(H,29,30)(H,25,26,27). The molecule has 8 nitrogen and oxygen atoms in total. The van der Waals surface area contributed by atoms with Crippen LogP contribution in [0.5, 0.6) is 11.5 Å². The SMILES string of the molecule is CCOc1cc(-c2cc(NCCn3c(Cl)cc4cccc(OCF)c43)ncn2)sc1C(=O)O. The molecule has 3 aromatic heterocycles. The van der Waals surface area contributed by atoms with Crippen LogP contribution in [-0.2, 0) is 6.54 Å². The van der Waals surface area contributed by atoms with E-state index in [-0.39, 0.29) is 4.88 Å². The van der Waals surface area contributed by atoms with Gasteiger partial charge in [0.05, 0.1) is 22.7 Å². The fraction of sp³-hybridized carbons (Fsp3) is 0.227. The summed E-state index contributed by atoms with van der Waals surface area (Å²) >= 11 is 7.49. The number of carboxylic acids is 1. The van der Waals surface area contributed by atoms with Crippen molar-refractivity contribution < 1.29 is 23.8 Å². The van der Waals surface area contributed by atoms with E-state index in [0.29, 0.717) is 58.3 Å². The second-order valence-electron chi connectivity index (χ2n) is 6.82. The zero-order chi connectivity index (χ0) is 23.4. The molecule has 0 aliphatic heterocycles. The molecule has 0 amide bonds. The van der Waals surface area contributed by atoms with Crippen LogP contribution in [0.1, 0.15) is 16.6 Å². The van der Waals surface area contributed by atoms with Gasteiger partial charge in [0.2, 0.25) is 6.86 Å². The van der Waals surface area contributed by atoms with Crippen LogP contribution >= 0.6 is 22.9 Å². The van der Waals surface area contributed by atoms with Gasteiger partial charge in [-0.3, -0.25) is 0 Å². The van der Waals surface area contributed by atoms with Crippen molar-refractivity contribution in [3.05, 3.63) is 52.8 Å². The number of aromatic carboxylic acids is 1. The molecule has 0 spiro atoms. The molecular weight excluding hydrogens is 471 g/mol. The summed E-state index contributed by atoms with van der Waals surface area (Å²) in [5, 5.41) is 14.0. The van der Waals surface area contributed by atoms with Gasteiger partial charge in [0.1, 0.15) is 28.8 Å². The number of thiophene rings is 1. The molecule has 0 aliphatic carbocycles. The van der Waals surface area contributed by atoms with Crippen molar-refractivity contribution in [3.63, 3.8) is 0 Å². The first-order valence-electron chi connectivity index (χ1n) is 10.0. The quantitative estimate of drug-likeness (QED) is 0.310. The van der Waals surface area contributed by atoms with E-state index in [1.165, 1.54) is 6.33 Å². The summed E-state index contributed by atoms with van der Waals surface area (Å²) in [7, 11) is 0. The summed E-state index contributed by atoms with van der Waals surface area (Å²) in [6, 6.07) is 10.6. The van der Waals surface area contributed by atoms with Crippen LogP contribution in [0.2, 0.25) is 5.15 Å². The predicted molar refractivity (Wildman–Crippen MR) is 126 cm³/mol.